The number of carbonyl (C=O) groups is 2. The van der Waals surface area contributed by atoms with E-state index in [-0.39, 0.29) is 17.3 Å². The molecule has 1 unspecified atom stereocenters. The van der Waals surface area contributed by atoms with Gasteiger partial charge in [0.1, 0.15) is 11.5 Å². The minimum Gasteiger partial charge on any atom is -0.507 e. The summed E-state index contributed by atoms with van der Waals surface area (Å²) in [5.74, 6) is -1.40. The van der Waals surface area contributed by atoms with E-state index in [0.29, 0.717) is 39.5 Å². The van der Waals surface area contributed by atoms with Crippen LogP contribution in [0, 0.1) is 0 Å². The number of Topliss-reactive ketones (excluding diaryl/α,β-unsaturated/α-hetero) is 1. The van der Waals surface area contributed by atoms with Crippen LogP contribution in [0.4, 0.5) is 5.95 Å². The third-order valence-corrected chi connectivity index (χ3v) is 5.89. The molecule has 2 aromatic heterocycles. The fourth-order valence-corrected chi connectivity index (χ4v) is 4.21. The van der Waals surface area contributed by atoms with Crippen molar-refractivity contribution in [3.8, 4) is 5.75 Å². The van der Waals surface area contributed by atoms with Gasteiger partial charge in [-0.1, -0.05) is 23.7 Å². The number of ketones is 1. The topological polar surface area (TPSA) is 108 Å². The number of ether oxygens (including phenoxy) is 1. The number of aliphatic hydroxyl groups excluding tert-OH is 1. The third-order valence-electron chi connectivity index (χ3n) is 5.58. The molecule has 2 aromatic carbocycles. The lowest BCUT2D eigenvalue weighted by Crippen LogP contribution is -2.30. The van der Waals surface area contributed by atoms with Crippen molar-refractivity contribution in [3.63, 3.8) is 0 Å². The predicted molar refractivity (Wildman–Crippen MR) is 128 cm³/mol. The first-order valence-electron chi connectivity index (χ1n) is 10.6. The van der Waals surface area contributed by atoms with Gasteiger partial charge in [0, 0.05) is 18.0 Å². The van der Waals surface area contributed by atoms with Crippen LogP contribution in [-0.2, 0) is 9.59 Å². The van der Waals surface area contributed by atoms with Gasteiger partial charge in [-0.2, -0.15) is 0 Å². The van der Waals surface area contributed by atoms with Crippen LogP contribution in [0.5, 0.6) is 5.75 Å². The fraction of sp³-hybridized carbons (Fsp3) is 0.120. The highest BCUT2D eigenvalue weighted by Gasteiger charge is 2.48. The van der Waals surface area contributed by atoms with E-state index in [4.69, 9.17) is 16.3 Å². The highest BCUT2D eigenvalue weighted by molar-refractivity contribution is 6.51. The Morgan fingerprint density at radius 1 is 1.15 bits per heavy atom. The standard InChI is InChI=1S/C25H19ClN4O4/c1-2-34-19-13-15(7-8-16(19)26)22(31)20-21(14-9-11-27-12-10-14)30(24(33)23(20)32)25-28-17-5-3-4-6-18(17)29-25/h3-13,21,31H,2H2,1H3,(H,28,29)/b22-20+. The van der Waals surface area contributed by atoms with Crippen LogP contribution < -0.4 is 9.64 Å². The molecule has 1 saturated heterocycles. The average Bonchev–Trinajstić information content (AvgIpc) is 3.39. The van der Waals surface area contributed by atoms with Gasteiger partial charge in [0.25, 0.3) is 5.78 Å². The summed E-state index contributed by atoms with van der Waals surface area (Å²) in [4.78, 5) is 39.4. The summed E-state index contributed by atoms with van der Waals surface area (Å²) in [6, 6.07) is 14.4. The number of carbonyl (C=O) groups excluding carboxylic acids is 2. The van der Waals surface area contributed by atoms with Crippen molar-refractivity contribution >= 4 is 46.0 Å². The highest BCUT2D eigenvalue weighted by atomic mass is 35.5. The van der Waals surface area contributed by atoms with Crippen LogP contribution in [0.15, 0.2) is 72.6 Å². The molecule has 34 heavy (non-hydrogen) atoms. The van der Waals surface area contributed by atoms with Crippen molar-refractivity contribution in [2.45, 2.75) is 13.0 Å². The van der Waals surface area contributed by atoms with Crippen LogP contribution >= 0.6 is 11.6 Å². The molecule has 1 aliphatic rings. The first-order chi connectivity index (χ1) is 16.5. The number of hydrogen-bond acceptors (Lipinski definition) is 6. The van der Waals surface area contributed by atoms with Gasteiger partial charge in [0.15, 0.2) is 0 Å². The zero-order chi connectivity index (χ0) is 23.8. The Kier molecular flexibility index (Phi) is 5.51. The van der Waals surface area contributed by atoms with Crippen molar-refractivity contribution < 1.29 is 19.4 Å². The van der Waals surface area contributed by atoms with Gasteiger partial charge in [-0.15, -0.1) is 0 Å². The highest BCUT2D eigenvalue weighted by Crippen LogP contribution is 2.42. The van der Waals surface area contributed by atoms with Crippen molar-refractivity contribution in [1.82, 2.24) is 15.0 Å². The number of aromatic amines is 1. The molecule has 5 rings (SSSR count). The molecule has 0 bridgehead atoms. The van der Waals surface area contributed by atoms with Crippen molar-refractivity contribution in [2.24, 2.45) is 0 Å². The number of amides is 1. The molecule has 9 heteroatoms. The summed E-state index contributed by atoms with van der Waals surface area (Å²) in [7, 11) is 0. The zero-order valence-electron chi connectivity index (χ0n) is 18.0. The lowest BCUT2D eigenvalue weighted by Gasteiger charge is -2.22. The van der Waals surface area contributed by atoms with E-state index >= 15 is 0 Å². The number of H-pyrrole nitrogens is 1. The number of aromatic nitrogens is 3. The van der Waals surface area contributed by atoms with Crippen molar-refractivity contribution in [2.75, 3.05) is 11.5 Å². The Hall–Kier alpha value is -4.17. The van der Waals surface area contributed by atoms with E-state index < -0.39 is 17.7 Å². The maximum Gasteiger partial charge on any atom is 0.302 e. The third kappa shape index (κ3) is 3.58. The Balaban J connectivity index is 1.71. The van der Waals surface area contributed by atoms with Crippen molar-refractivity contribution in [3.05, 3.63) is 88.7 Å². The quantitative estimate of drug-likeness (QED) is 0.248. The summed E-state index contributed by atoms with van der Waals surface area (Å²) in [5.41, 5.74) is 2.19. The summed E-state index contributed by atoms with van der Waals surface area (Å²) in [6.07, 6.45) is 3.12. The minimum atomic E-state index is -0.921. The fourth-order valence-electron chi connectivity index (χ4n) is 4.04. The van der Waals surface area contributed by atoms with E-state index in [1.165, 1.54) is 4.90 Å². The largest absolute Gasteiger partial charge is 0.507 e. The number of nitrogens with zero attached hydrogens (tertiary/aromatic N) is 3. The molecule has 4 aromatic rings. The maximum absolute atomic E-state index is 13.3. The predicted octanol–water partition coefficient (Wildman–Crippen LogP) is 4.64. The number of nitrogens with one attached hydrogen (secondary N) is 1. The second-order valence-corrected chi connectivity index (χ2v) is 8.01. The molecule has 2 N–H and O–H groups in total. The minimum absolute atomic E-state index is 0.0681. The molecule has 3 heterocycles. The SMILES string of the molecule is CCOc1cc(/C(O)=C2\C(=O)C(=O)N(c3nc4ccccc4[nH]3)C2c2ccncc2)ccc1Cl. The second-order valence-electron chi connectivity index (χ2n) is 7.61. The normalized spacial score (nSPS) is 17.5. The first kappa shape index (κ1) is 21.7. The number of pyridine rings is 1. The summed E-state index contributed by atoms with van der Waals surface area (Å²) in [6.45, 7) is 2.18. The molecule has 1 amide bonds. The Morgan fingerprint density at radius 3 is 2.65 bits per heavy atom. The van der Waals surface area contributed by atoms with Crippen LogP contribution in [0.25, 0.3) is 16.8 Å². The van der Waals surface area contributed by atoms with Gasteiger partial charge >= 0.3 is 5.91 Å². The number of rotatable bonds is 5. The molecule has 0 spiro atoms. The van der Waals surface area contributed by atoms with Gasteiger partial charge in [-0.25, -0.2) is 4.98 Å². The monoisotopic (exact) mass is 474 g/mol. The molecule has 170 valence electrons. The van der Waals surface area contributed by atoms with Crippen LogP contribution in [-0.4, -0.2) is 38.4 Å². The van der Waals surface area contributed by atoms with Crippen LogP contribution in [0.3, 0.4) is 0 Å². The van der Waals surface area contributed by atoms with E-state index in [1.54, 1.807) is 48.8 Å². The molecule has 1 fully saturated rings. The van der Waals surface area contributed by atoms with Gasteiger partial charge in [-0.05, 0) is 55.0 Å². The lowest BCUT2D eigenvalue weighted by molar-refractivity contribution is -0.132. The molecular weight excluding hydrogens is 456 g/mol. The molecular formula is C25H19ClN4O4. The van der Waals surface area contributed by atoms with Gasteiger partial charge < -0.3 is 14.8 Å². The number of fused-ring (bicyclic) bond motifs is 1. The summed E-state index contributed by atoms with van der Waals surface area (Å²) in [5, 5.41) is 11.6. The Morgan fingerprint density at radius 2 is 1.91 bits per heavy atom. The van der Waals surface area contributed by atoms with E-state index in [9.17, 15) is 14.7 Å². The average molecular weight is 475 g/mol. The zero-order valence-corrected chi connectivity index (χ0v) is 18.8. The van der Waals surface area contributed by atoms with Crippen molar-refractivity contribution in [1.29, 1.82) is 0 Å². The van der Waals surface area contributed by atoms with Gasteiger partial charge in [0.2, 0.25) is 5.95 Å². The van der Waals surface area contributed by atoms with Gasteiger partial charge in [-0.3, -0.25) is 19.5 Å². The summed E-state index contributed by atoms with van der Waals surface area (Å²) < 4.78 is 5.52. The molecule has 0 radical (unpaired) electrons. The lowest BCUT2D eigenvalue weighted by atomic mass is 9.96. The molecule has 0 saturated carbocycles. The van der Waals surface area contributed by atoms with E-state index in [1.807, 2.05) is 25.1 Å². The number of imidazole rings is 1. The number of aliphatic hydroxyl groups is 1. The Bertz CT molecular complexity index is 1410. The van der Waals surface area contributed by atoms with E-state index in [0.717, 1.165) is 0 Å². The number of anilines is 1. The number of halogens is 1. The number of hydrogen-bond donors (Lipinski definition) is 2. The maximum atomic E-state index is 13.3. The van der Waals surface area contributed by atoms with E-state index in [2.05, 4.69) is 15.0 Å². The first-order valence-corrected chi connectivity index (χ1v) is 11.0. The molecule has 0 aliphatic carbocycles. The molecule has 1 atom stereocenters. The number of para-hydroxylation sites is 2. The molecule has 1 aliphatic heterocycles. The second kappa shape index (κ2) is 8.64. The van der Waals surface area contributed by atoms with Crippen LogP contribution in [0.2, 0.25) is 5.02 Å². The number of benzene rings is 2. The van der Waals surface area contributed by atoms with Gasteiger partial charge in [0.05, 0.1) is 34.3 Å². The smallest absolute Gasteiger partial charge is 0.302 e. The summed E-state index contributed by atoms with van der Waals surface area (Å²) >= 11 is 6.19. The van der Waals surface area contributed by atoms with Crippen LogP contribution in [0.1, 0.15) is 24.1 Å². The Labute approximate surface area is 199 Å². The molecule has 8 nitrogen and oxygen atoms in total.